The maximum absolute atomic E-state index is 12.4. The quantitative estimate of drug-likeness (QED) is 0.658. The van der Waals surface area contributed by atoms with E-state index in [-0.39, 0.29) is 18.2 Å². The van der Waals surface area contributed by atoms with Gasteiger partial charge in [-0.1, -0.05) is 18.2 Å². The van der Waals surface area contributed by atoms with Crippen molar-refractivity contribution in [2.45, 2.75) is 11.4 Å². The number of amides is 2. The van der Waals surface area contributed by atoms with Gasteiger partial charge in [-0.15, -0.1) is 11.8 Å². The van der Waals surface area contributed by atoms with Gasteiger partial charge in [-0.25, -0.2) is 0 Å². The maximum Gasteiger partial charge on any atom is 0.238 e. The molecule has 0 saturated carbocycles. The minimum absolute atomic E-state index is 0.132. The number of fused-ring (bicyclic) bond motifs is 1. The first-order valence-electron chi connectivity index (χ1n) is 8.88. The standard InChI is InChI=1S/C20H23N3O4S/c1-23(11-14-6-7-16-17(10-14)27-9-8-26-16)12-20(25)22-15-4-2-3-5-18(15)28-13-19(21)24/h2-7,10H,8-9,11-13H2,1H3,(H2,21,24)(H,22,25). The molecule has 0 spiro atoms. The first-order valence-corrected chi connectivity index (χ1v) is 9.87. The van der Waals surface area contributed by atoms with E-state index in [0.29, 0.717) is 25.4 Å². The van der Waals surface area contributed by atoms with Crippen LogP contribution in [0.15, 0.2) is 47.4 Å². The van der Waals surface area contributed by atoms with Gasteiger partial charge >= 0.3 is 0 Å². The lowest BCUT2D eigenvalue weighted by atomic mass is 10.2. The summed E-state index contributed by atoms with van der Waals surface area (Å²) in [7, 11) is 1.88. The first-order chi connectivity index (χ1) is 13.5. The zero-order valence-corrected chi connectivity index (χ0v) is 16.5. The number of benzene rings is 2. The summed E-state index contributed by atoms with van der Waals surface area (Å²) in [6.45, 7) is 1.93. The summed E-state index contributed by atoms with van der Waals surface area (Å²) < 4.78 is 11.1. The van der Waals surface area contributed by atoms with Gasteiger partial charge in [-0.3, -0.25) is 14.5 Å². The van der Waals surface area contributed by atoms with Gasteiger partial charge in [0.25, 0.3) is 0 Å². The molecule has 0 saturated heterocycles. The van der Waals surface area contributed by atoms with Crippen LogP contribution in [0.4, 0.5) is 5.69 Å². The van der Waals surface area contributed by atoms with Gasteiger partial charge in [-0.05, 0) is 36.9 Å². The number of thioether (sulfide) groups is 1. The monoisotopic (exact) mass is 401 g/mol. The number of carbonyl (C=O) groups is 2. The van der Waals surface area contributed by atoms with Crippen molar-refractivity contribution in [1.82, 2.24) is 4.90 Å². The van der Waals surface area contributed by atoms with Crippen molar-refractivity contribution < 1.29 is 19.1 Å². The number of anilines is 1. The number of hydrogen-bond acceptors (Lipinski definition) is 6. The van der Waals surface area contributed by atoms with E-state index in [9.17, 15) is 9.59 Å². The Morgan fingerprint density at radius 1 is 1.14 bits per heavy atom. The summed E-state index contributed by atoms with van der Waals surface area (Å²) in [5.74, 6) is 1.12. The molecule has 0 fully saturated rings. The van der Waals surface area contributed by atoms with Crippen molar-refractivity contribution in [1.29, 1.82) is 0 Å². The third-order valence-corrected chi connectivity index (χ3v) is 5.10. The molecule has 7 nitrogen and oxygen atoms in total. The summed E-state index contributed by atoms with van der Waals surface area (Å²) in [6, 6.07) is 13.2. The maximum atomic E-state index is 12.4. The fourth-order valence-electron chi connectivity index (χ4n) is 2.83. The highest BCUT2D eigenvalue weighted by Crippen LogP contribution is 2.31. The van der Waals surface area contributed by atoms with E-state index in [1.54, 1.807) is 0 Å². The third kappa shape index (κ3) is 5.64. The van der Waals surface area contributed by atoms with Gasteiger partial charge < -0.3 is 20.5 Å². The van der Waals surface area contributed by atoms with Crippen LogP contribution in [0.25, 0.3) is 0 Å². The molecule has 8 heteroatoms. The van der Waals surface area contributed by atoms with E-state index in [2.05, 4.69) is 5.32 Å². The number of para-hydroxylation sites is 1. The summed E-state index contributed by atoms with van der Waals surface area (Å²) >= 11 is 1.30. The van der Waals surface area contributed by atoms with Crippen LogP contribution in [-0.2, 0) is 16.1 Å². The average Bonchev–Trinajstić information content (AvgIpc) is 2.67. The number of nitrogens with one attached hydrogen (secondary N) is 1. The molecular weight excluding hydrogens is 378 g/mol. The number of nitrogens with zero attached hydrogens (tertiary/aromatic N) is 1. The van der Waals surface area contributed by atoms with Gasteiger partial charge in [0.1, 0.15) is 13.2 Å². The topological polar surface area (TPSA) is 93.9 Å². The predicted octanol–water partition coefficient (Wildman–Crippen LogP) is 2.11. The third-order valence-electron chi connectivity index (χ3n) is 4.00. The molecule has 148 valence electrons. The molecule has 0 unspecified atom stereocenters. The fraction of sp³-hybridized carbons (Fsp3) is 0.300. The normalized spacial score (nSPS) is 12.6. The zero-order valence-electron chi connectivity index (χ0n) is 15.6. The largest absolute Gasteiger partial charge is 0.486 e. The Morgan fingerprint density at radius 3 is 2.68 bits per heavy atom. The Bertz CT molecular complexity index is 859. The molecule has 0 aliphatic carbocycles. The Balaban J connectivity index is 1.55. The van der Waals surface area contributed by atoms with Crippen LogP contribution in [0.2, 0.25) is 0 Å². The Hall–Kier alpha value is -2.71. The highest BCUT2D eigenvalue weighted by molar-refractivity contribution is 8.00. The van der Waals surface area contributed by atoms with E-state index in [1.165, 1.54) is 11.8 Å². The van der Waals surface area contributed by atoms with Crippen LogP contribution < -0.4 is 20.5 Å². The van der Waals surface area contributed by atoms with Gasteiger partial charge in [0.2, 0.25) is 11.8 Å². The van der Waals surface area contributed by atoms with Crippen molar-refractivity contribution in [2.75, 3.05) is 37.9 Å². The molecule has 3 N–H and O–H groups in total. The number of likely N-dealkylation sites (N-methyl/N-ethyl adjacent to an activating group) is 1. The molecule has 28 heavy (non-hydrogen) atoms. The van der Waals surface area contributed by atoms with Crippen LogP contribution in [-0.4, -0.2) is 49.3 Å². The number of hydrogen-bond donors (Lipinski definition) is 2. The number of carbonyl (C=O) groups excluding carboxylic acids is 2. The number of primary amides is 1. The minimum atomic E-state index is -0.398. The molecule has 2 amide bonds. The Morgan fingerprint density at radius 2 is 1.89 bits per heavy atom. The highest BCUT2D eigenvalue weighted by atomic mass is 32.2. The van der Waals surface area contributed by atoms with Crippen molar-refractivity contribution in [2.24, 2.45) is 5.73 Å². The van der Waals surface area contributed by atoms with Gasteiger partial charge in [0.05, 0.1) is 18.0 Å². The predicted molar refractivity (Wildman–Crippen MR) is 109 cm³/mol. The Labute approximate surface area is 168 Å². The molecule has 0 atom stereocenters. The molecule has 0 aromatic heterocycles. The first kappa shape index (κ1) is 20.0. The van der Waals surface area contributed by atoms with Gasteiger partial charge in [0.15, 0.2) is 11.5 Å². The fourth-order valence-corrected chi connectivity index (χ4v) is 3.58. The van der Waals surface area contributed by atoms with E-state index < -0.39 is 5.91 Å². The number of ether oxygens (including phenoxy) is 2. The SMILES string of the molecule is CN(CC(=O)Nc1ccccc1SCC(N)=O)Cc1ccc2c(c1)OCCO2. The molecule has 1 heterocycles. The van der Waals surface area contributed by atoms with Crippen molar-refractivity contribution in [3.05, 3.63) is 48.0 Å². The van der Waals surface area contributed by atoms with E-state index in [1.807, 2.05) is 54.4 Å². The lowest BCUT2D eigenvalue weighted by Crippen LogP contribution is -2.30. The van der Waals surface area contributed by atoms with Gasteiger partial charge in [-0.2, -0.15) is 0 Å². The van der Waals surface area contributed by atoms with Crippen LogP contribution in [0.1, 0.15) is 5.56 Å². The molecular formula is C20H23N3O4S. The van der Waals surface area contributed by atoms with Crippen LogP contribution in [0, 0.1) is 0 Å². The number of nitrogens with two attached hydrogens (primary N) is 1. The second-order valence-corrected chi connectivity index (χ2v) is 7.47. The molecule has 0 radical (unpaired) electrons. The summed E-state index contributed by atoms with van der Waals surface area (Å²) in [4.78, 5) is 26.2. The van der Waals surface area contributed by atoms with Crippen LogP contribution >= 0.6 is 11.8 Å². The second-order valence-electron chi connectivity index (χ2n) is 6.45. The zero-order chi connectivity index (χ0) is 19.9. The summed E-state index contributed by atoms with van der Waals surface area (Å²) in [5.41, 5.74) is 6.91. The minimum Gasteiger partial charge on any atom is -0.486 e. The molecule has 1 aliphatic rings. The van der Waals surface area contributed by atoms with Crippen molar-refractivity contribution in [3.63, 3.8) is 0 Å². The Kier molecular flexibility index (Phi) is 6.78. The van der Waals surface area contributed by atoms with E-state index >= 15 is 0 Å². The van der Waals surface area contributed by atoms with Crippen molar-refractivity contribution >= 4 is 29.3 Å². The van der Waals surface area contributed by atoms with E-state index in [4.69, 9.17) is 15.2 Å². The van der Waals surface area contributed by atoms with Crippen LogP contribution in [0.5, 0.6) is 11.5 Å². The molecule has 1 aliphatic heterocycles. The smallest absolute Gasteiger partial charge is 0.238 e. The molecule has 2 aromatic rings. The number of rotatable bonds is 8. The van der Waals surface area contributed by atoms with Crippen molar-refractivity contribution in [3.8, 4) is 11.5 Å². The summed E-state index contributed by atoms with van der Waals surface area (Å²) in [5, 5.41) is 2.90. The lowest BCUT2D eigenvalue weighted by molar-refractivity contribution is -0.117. The average molecular weight is 401 g/mol. The molecule has 2 aromatic carbocycles. The van der Waals surface area contributed by atoms with E-state index in [0.717, 1.165) is 22.0 Å². The molecule has 0 bridgehead atoms. The van der Waals surface area contributed by atoms with Gasteiger partial charge in [0, 0.05) is 11.4 Å². The lowest BCUT2D eigenvalue weighted by Gasteiger charge is -2.21. The highest BCUT2D eigenvalue weighted by Gasteiger charge is 2.14. The van der Waals surface area contributed by atoms with Crippen LogP contribution in [0.3, 0.4) is 0 Å². The molecule has 3 rings (SSSR count). The second kappa shape index (κ2) is 9.48. The summed E-state index contributed by atoms with van der Waals surface area (Å²) in [6.07, 6.45) is 0.